The Morgan fingerprint density at radius 1 is 1.38 bits per heavy atom. The molecule has 1 rings (SSSR count). The minimum atomic E-state index is -0.446. The van der Waals surface area contributed by atoms with Gasteiger partial charge in [-0.3, -0.25) is 0 Å². The standard InChI is InChI=1S/C10H11ClF2/c1-2-3-9(11)8-6-7(12)4-5-10(8)13/h4-6,9H,2-3H2,1H3. The Labute approximate surface area is 81.5 Å². The van der Waals surface area contributed by atoms with Crippen molar-refractivity contribution in [2.45, 2.75) is 25.1 Å². The number of alkyl halides is 1. The maximum Gasteiger partial charge on any atom is 0.128 e. The maximum absolute atomic E-state index is 13.1. The molecule has 1 unspecified atom stereocenters. The van der Waals surface area contributed by atoms with Crippen LogP contribution in [0, 0.1) is 11.6 Å². The molecule has 0 bridgehead atoms. The molecule has 0 aliphatic carbocycles. The first kappa shape index (κ1) is 10.5. The molecule has 0 radical (unpaired) electrons. The van der Waals surface area contributed by atoms with Gasteiger partial charge >= 0.3 is 0 Å². The fourth-order valence-electron chi connectivity index (χ4n) is 1.16. The van der Waals surface area contributed by atoms with Crippen LogP contribution in [0.4, 0.5) is 8.78 Å². The lowest BCUT2D eigenvalue weighted by atomic mass is 10.1. The van der Waals surface area contributed by atoms with Gasteiger partial charge in [0.25, 0.3) is 0 Å². The lowest BCUT2D eigenvalue weighted by molar-refractivity contribution is 0.576. The highest BCUT2D eigenvalue weighted by Crippen LogP contribution is 2.28. The maximum atomic E-state index is 13.1. The minimum Gasteiger partial charge on any atom is -0.207 e. The van der Waals surface area contributed by atoms with Crippen molar-refractivity contribution in [3.8, 4) is 0 Å². The fourth-order valence-corrected chi connectivity index (χ4v) is 1.55. The van der Waals surface area contributed by atoms with Crippen molar-refractivity contribution in [1.29, 1.82) is 0 Å². The largest absolute Gasteiger partial charge is 0.207 e. The second-order valence-electron chi connectivity index (χ2n) is 2.92. The highest BCUT2D eigenvalue weighted by atomic mass is 35.5. The number of halogens is 3. The van der Waals surface area contributed by atoms with Crippen LogP contribution in [0.3, 0.4) is 0 Å². The van der Waals surface area contributed by atoms with E-state index in [0.717, 1.165) is 24.6 Å². The molecule has 0 N–H and O–H groups in total. The highest BCUT2D eigenvalue weighted by Gasteiger charge is 2.12. The zero-order valence-electron chi connectivity index (χ0n) is 7.36. The van der Waals surface area contributed by atoms with Crippen molar-refractivity contribution < 1.29 is 8.78 Å². The van der Waals surface area contributed by atoms with Crippen LogP contribution in [0.1, 0.15) is 30.7 Å². The first-order valence-electron chi connectivity index (χ1n) is 4.24. The molecule has 0 saturated carbocycles. The number of hydrogen-bond acceptors (Lipinski definition) is 0. The quantitative estimate of drug-likeness (QED) is 0.652. The lowest BCUT2D eigenvalue weighted by Crippen LogP contribution is -1.95. The molecule has 1 aromatic rings. The molecular formula is C10H11ClF2. The first-order valence-corrected chi connectivity index (χ1v) is 4.67. The van der Waals surface area contributed by atoms with Gasteiger partial charge in [0.2, 0.25) is 0 Å². The van der Waals surface area contributed by atoms with Crippen LogP contribution in [0.25, 0.3) is 0 Å². The minimum absolute atomic E-state index is 0.253. The van der Waals surface area contributed by atoms with E-state index < -0.39 is 17.0 Å². The van der Waals surface area contributed by atoms with Gasteiger partial charge in [0.05, 0.1) is 5.38 Å². The smallest absolute Gasteiger partial charge is 0.128 e. The Morgan fingerprint density at radius 2 is 2.08 bits per heavy atom. The second-order valence-corrected chi connectivity index (χ2v) is 3.45. The molecule has 0 heterocycles. The van der Waals surface area contributed by atoms with E-state index in [0.29, 0.717) is 6.42 Å². The fraction of sp³-hybridized carbons (Fsp3) is 0.400. The molecule has 72 valence electrons. The third-order valence-electron chi connectivity index (χ3n) is 1.84. The van der Waals surface area contributed by atoms with E-state index in [2.05, 4.69) is 0 Å². The van der Waals surface area contributed by atoms with Crippen LogP contribution in [-0.4, -0.2) is 0 Å². The van der Waals surface area contributed by atoms with E-state index in [9.17, 15) is 8.78 Å². The molecule has 0 aliphatic rings. The SMILES string of the molecule is CCCC(Cl)c1cc(F)ccc1F. The van der Waals surface area contributed by atoms with Gasteiger partial charge in [-0.15, -0.1) is 11.6 Å². The first-order chi connectivity index (χ1) is 6.15. The summed E-state index contributed by atoms with van der Waals surface area (Å²) in [6, 6.07) is 3.35. The van der Waals surface area contributed by atoms with Gasteiger partial charge in [0.1, 0.15) is 11.6 Å². The van der Waals surface area contributed by atoms with Gasteiger partial charge in [-0.1, -0.05) is 13.3 Å². The van der Waals surface area contributed by atoms with Gasteiger partial charge in [0.15, 0.2) is 0 Å². The van der Waals surface area contributed by atoms with Crippen molar-refractivity contribution >= 4 is 11.6 Å². The van der Waals surface area contributed by atoms with Crippen molar-refractivity contribution in [3.63, 3.8) is 0 Å². The molecule has 0 nitrogen and oxygen atoms in total. The summed E-state index contributed by atoms with van der Waals surface area (Å²) in [4.78, 5) is 0. The second kappa shape index (κ2) is 4.56. The molecule has 1 atom stereocenters. The third kappa shape index (κ3) is 2.66. The Kier molecular flexibility index (Phi) is 3.67. The Morgan fingerprint density at radius 3 is 2.69 bits per heavy atom. The average Bonchev–Trinajstić information content (AvgIpc) is 2.09. The predicted octanol–water partition coefficient (Wildman–Crippen LogP) is 4.04. The zero-order chi connectivity index (χ0) is 9.84. The lowest BCUT2D eigenvalue weighted by Gasteiger charge is -2.09. The summed E-state index contributed by atoms with van der Waals surface area (Å²) in [7, 11) is 0. The Balaban J connectivity index is 2.91. The van der Waals surface area contributed by atoms with E-state index >= 15 is 0 Å². The molecule has 1 aromatic carbocycles. The molecule has 3 heteroatoms. The number of benzene rings is 1. The van der Waals surface area contributed by atoms with Crippen molar-refractivity contribution in [2.75, 3.05) is 0 Å². The van der Waals surface area contributed by atoms with Crippen molar-refractivity contribution in [3.05, 3.63) is 35.4 Å². The average molecular weight is 205 g/mol. The third-order valence-corrected chi connectivity index (χ3v) is 2.29. The van der Waals surface area contributed by atoms with Crippen molar-refractivity contribution in [2.24, 2.45) is 0 Å². The zero-order valence-corrected chi connectivity index (χ0v) is 8.11. The van der Waals surface area contributed by atoms with Gasteiger partial charge < -0.3 is 0 Å². The Bertz CT molecular complexity index is 286. The van der Waals surface area contributed by atoms with E-state index in [1.807, 2.05) is 6.92 Å². The summed E-state index contributed by atoms with van der Waals surface area (Å²) in [5.74, 6) is -0.881. The molecule has 0 amide bonds. The van der Waals surface area contributed by atoms with Crippen LogP contribution in [-0.2, 0) is 0 Å². The monoisotopic (exact) mass is 204 g/mol. The van der Waals surface area contributed by atoms with Crippen LogP contribution in [0.2, 0.25) is 0 Å². The molecule has 0 spiro atoms. The van der Waals surface area contributed by atoms with E-state index in [4.69, 9.17) is 11.6 Å². The van der Waals surface area contributed by atoms with Gasteiger partial charge in [0, 0.05) is 5.56 Å². The molecule has 13 heavy (non-hydrogen) atoms. The van der Waals surface area contributed by atoms with Crippen LogP contribution in [0.15, 0.2) is 18.2 Å². The summed E-state index contributed by atoms with van der Waals surface area (Å²) >= 11 is 5.88. The van der Waals surface area contributed by atoms with Gasteiger partial charge in [-0.25, -0.2) is 8.78 Å². The highest BCUT2D eigenvalue weighted by molar-refractivity contribution is 6.20. The topological polar surface area (TPSA) is 0 Å². The van der Waals surface area contributed by atoms with Gasteiger partial charge in [-0.2, -0.15) is 0 Å². The summed E-state index contributed by atoms with van der Waals surface area (Å²) in [6.07, 6.45) is 1.51. The van der Waals surface area contributed by atoms with Gasteiger partial charge in [-0.05, 0) is 24.6 Å². The normalized spacial score (nSPS) is 12.9. The van der Waals surface area contributed by atoms with Crippen molar-refractivity contribution in [1.82, 2.24) is 0 Å². The summed E-state index contributed by atoms with van der Waals surface area (Å²) in [5, 5.41) is -0.430. The van der Waals surface area contributed by atoms with E-state index in [1.165, 1.54) is 0 Å². The Hall–Kier alpha value is -0.630. The summed E-state index contributed by atoms with van der Waals surface area (Å²) in [6.45, 7) is 1.95. The van der Waals surface area contributed by atoms with Crippen LogP contribution in [0.5, 0.6) is 0 Å². The van der Waals surface area contributed by atoms with E-state index in [-0.39, 0.29) is 5.56 Å². The predicted molar refractivity (Wildman–Crippen MR) is 49.9 cm³/mol. The molecular weight excluding hydrogens is 194 g/mol. The summed E-state index contributed by atoms with van der Waals surface area (Å²) in [5.41, 5.74) is 0.253. The molecule has 0 saturated heterocycles. The molecule has 0 fully saturated rings. The van der Waals surface area contributed by atoms with E-state index in [1.54, 1.807) is 0 Å². The number of hydrogen-bond donors (Lipinski definition) is 0. The van der Waals surface area contributed by atoms with Crippen LogP contribution >= 0.6 is 11.6 Å². The molecule has 0 aliphatic heterocycles. The molecule has 0 aromatic heterocycles. The number of rotatable bonds is 3. The van der Waals surface area contributed by atoms with Crippen LogP contribution < -0.4 is 0 Å². The summed E-state index contributed by atoms with van der Waals surface area (Å²) < 4.78 is 25.8.